The van der Waals surface area contributed by atoms with Crippen LogP contribution in [-0.4, -0.2) is 20.6 Å². The number of aromatic carboxylic acids is 1. The average molecular weight is 231 g/mol. The molecule has 0 unspecified atom stereocenters. The smallest absolute Gasteiger partial charge is 0.341 e. The Labute approximate surface area is 95.6 Å². The molecule has 2 heterocycles. The number of carbonyl (C=O) groups is 1. The minimum absolute atomic E-state index is 0.194. The highest BCUT2D eigenvalue weighted by Crippen LogP contribution is 2.12. The van der Waals surface area contributed by atoms with Crippen LogP contribution in [0.25, 0.3) is 17.2 Å². The first-order chi connectivity index (χ1) is 8.04. The predicted molar refractivity (Wildman–Crippen MR) is 63.8 cm³/mol. The van der Waals surface area contributed by atoms with Crippen molar-refractivity contribution >= 4 is 29.0 Å². The maximum absolute atomic E-state index is 11.8. The SMILES string of the molecule is C=Cn1cc(C(=O)O)c(=O)c2ccc(N)nc21. The van der Waals surface area contributed by atoms with Crippen LogP contribution < -0.4 is 11.2 Å². The lowest BCUT2D eigenvalue weighted by molar-refractivity contribution is 0.0695. The summed E-state index contributed by atoms with van der Waals surface area (Å²) in [7, 11) is 0. The molecule has 0 bridgehead atoms. The highest BCUT2D eigenvalue weighted by Gasteiger charge is 2.14. The van der Waals surface area contributed by atoms with Crippen LogP contribution in [-0.2, 0) is 0 Å². The first-order valence-corrected chi connectivity index (χ1v) is 4.72. The third-order valence-corrected chi connectivity index (χ3v) is 2.33. The molecule has 0 aliphatic heterocycles. The summed E-state index contributed by atoms with van der Waals surface area (Å²) in [5.41, 5.74) is 4.89. The lowest BCUT2D eigenvalue weighted by Gasteiger charge is -2.06. The fraction of sp³-hybridized carbons (Fsp3) is 0. The Bertz CT molecular complexity index is 688. The van der Waals surface area contributed by atoms with Crippen LogP contribution in [0, 0.1) is 0 Å². The molecule has 0 atom stereocenters. The van der Waals surface area contributed by atoms with Gasteiger partial charge in [-0.25, -0.2) is 9.78 Å². The number of rotatable bonds is 2. The second-order valence-electron chi connectivity index (χ2n) is 3.37. The average Bonchev–Trinajstić information content (AvgIpc) is 2.29. The van der Waals surface area contributed by atoms with Crippen LogP contribution in [0.2, 0.25) is 0 Å². The number of hydrogen-bond donors (Lipinski definition) is 2. The minimum Gasteiger partial charge on any atom is -0.477 e. The van der Waals surface area contributed by atoms with Crippen molar-refractivity contribution in [3.63, 3.8) is 0 Å². The minimum atomic E-state index is -1.29. The Morgan fingerprint density at radius 1 is 1.53 bits per heavy atom. The molecule has 2 rings (SSSR count). The quantitative estimate of drug-likeness (QED) is 0.795. The topological polar surface area (TPSA) is 98.2 Å². The number of pyridine rings is 2. The van der Waals surface area contributed by atoms with E-state index in [9.17, 15) is 9.59 Å². The number of hydrogen-bond acceptors (Lipinski definition) is 4. The van der Waals surface area contributed by atoms with Crippen molar-refractivity contribution in [2.24, 2.45) is 0 Å². The van der Waals surface area contributed by atoms with Gasteiger partial charge in [0.05, 0.1) is 5.39 Å². The number of aromatic nitrogens is 2. The molecule has 6 nitrogen and oxygen atoms in total. The molecule has 0 aromatic carbocycles. The normalized spacial score (nSPS) is 10.4. The van der Waals surface area contributed by atoms with E-state index in [-0.39, 0.29) is 22.4 Å². The third-order valence-electron chi connectivity index (χ3n) is 2.33. The molecule has 17 heavy (non-hydrogen) atoms. The Morgan fingerprint density at radius 3 is 2.82 bits per heavy atom. The van der Waals surface area contributed by atoms with Crippen LogP contribution >= 0.6 is 0 Å². The van der Waals surface area contributed by atoms with E-state index in [0.29, 0.717) is 0 Å². The fourth-order valence-corrected chi connectivity index (χ4v) is 1.53. The fourth-order valence-electron chi connectivity index (χ4n) is 1.53. The zero-order valence-electron chi connectivity index (χ0n) is 8.75. The molecule has 0 radical (unpaired) electrons. The Morgan fingerprint density at radius 2 is 2.24 bits per heavy atom. The van der Waals surface area contributed by atoms with E-state index in [1.165, 1.54) is 29.1 Å². The van der Waals surface area contributed by atoms with Gasteiger partial charge in [-0.3, -0.25) is 4.79 Å². The van der Waals surface area contributed by atoms with Crippen molar-refractivity contribution in [3.8, 4) is 0 Å². The van der Waals surface area contributed by atoms with E-state index in [0.717, 1.165) is 0 Å². The van der Waals surface area contributed by atoms with E-state index in [1.54, 1.807) is 0 Å². The molecule has 0 saturated carbocycles. The van der Waals surface area contributed by atoms with Gasteiger partial charge in [0.15, 0.2) is 0 Å². The number of carboxylic acid groups (broad SMARTS) is 1. The van der Waals surface area contributed by atoms with E-state index < -0.39 is 11.4 Å². The number of nitrogens with two attached hydrogens (primary N) is 1. The summed E-state index contributed by atoms with van der Waals surface area (Å²) >= 11 is 0. The lowest BCUT2D eigenvalue weighted by Crippen LogP contribution is -2.18. The monoisotopic (exact) mass is 231 g/mol. The van der Waals surface area contributed by atoms with Crippen molar-refractivity contribution in [3.05, 3.63) is 40.7 Å². The number of nitrogen functional groups attached to an aromatic ring is 1. The third kappa shape index (κ3) is 1.65. The van der Waals surface area contributed by atoms with Gasteiger partial charge in [0.25, 0.3) is 0 Å². The van der Waals surface area contributed by atoms with Gasteiger partial charge in [0.1, 0.15) is 17.0 Å². The number of anilines is 1. The largest absolute Gasteiger partial charge is 0.477 e. The van der Waals surface area contributed by atoms with E-state index in [4.69, 9.17) is 10.8 Å². The summed E-state index contributed by atoms with van der Waals surface area (Å²) in [5.74, 6) is -1.04. The predicted octanol–water partition coefficient (Wildman–Crippen LogP) is 0.777. The zero-order valence-corrected chi connectivity index (χ0v) is 8.75. The van der Waals surface area contributed by atoms with Gasteiger partial charge in [-0.15, -0.1) is 0 Å². The van der Waals surface area contributed by atoms with Gasteiger partial charge in [0, 0.05) is 12.4 Å². The van der Waals surface area contributed by atoms with Gasteiger partial charge >= 0.3 is 5.97 Å². The standard InChI is InChI=1S/C11H9N3O3/c1-2-14-5-7(11(16)17)9(15)6-3-4-8(12)13-10(6)14/h2-5H,1H2,(H2,12,13)(H,16,17). The molecule has 86 valence electrons. The van der Waals surface area contributed by atoms with E-state index >= 15 is 0 Å². The highest BCUT2D eigenvalue weighted by atomic mass is 16.4. The van der Waals surface area contributed by atoms with Crippen LogP contribution in [0.4, 0.5) is 5.82 Å². The Balaban J connectivity index is 3.00. The van der Waals surface area contributed by atoms with Crippen molar-refractivity contribution in [2.45, 2.75) is 0 Å². The molecule has 0 aliphatic carbocycles. The molecule has 0 aliphatic rings. The van der Waals surface area contributed by atoms with Gasteiger partial charge < -0.3 is 15.4 Å². The van der Waals surface area contributed by atoms with Gasteiger partial charge in [-0.05, 0) is 12.1 Å². The zero-order chi connectivity index (χ0) is 12.6. The summed E-state index contributed by atoms with van der Waals surface area (Å²) < 4.78 is 1.36. The van der Waals surface area contributed by atoms with Gasteiger partial charge in [0.2, 0.25) is 5.43 Å². The summed E-state index contributed by atoms with van der Waals surface area (Å²) in [5, 5.41) is 9.10. The molecule has 3 N–H and O–H groups in total. The van der Waals surface area contributed by atoms with Crippen LogP contribution in [0.5, 0.6) is 0 Å². The molecular formula is C11H9N3O3. The van der Waals surface area contributed by atoms with Gasteiger partial charge in [-0.2, -0.15) is 0 Å². The molecule has 2 aromatic heterocycles. The summed E-state index contributed by atoms with van der Waals surface area (Å²) in [6.45, 7) is 3.53. The second-order valence-corrected chi connectivity index (χ2v) is 3.37. The van der Waals surface area contributed by atoms with E-state index in [2.05, 4.69) is 11.6 Å². The molecule has 6 heteroatoms. The van der Waals surface area contributed by atoms with Crippen molar-refractivity contribution in [1.82, 2.24) is 9.55 Å². The van der Waals surface area contributed by atoms with Crippen LogP contribution in [0.1, 0.15) is 10.4 Å². The highest BCUT2D eigenvalue weighted by molar-refractivity contribution is 5.92. The number of fused-ring (bicyclic) bond motifs is 1. The molecular weight excluding hydrogens is 222 g/mol. The molecule has 0 saturated heterocycles. The summed E-state index contributed by atoms with van der Waals surface area (Å²) in [6, 6.07) is 2.90. The first kappa shape index (κ1) is 10.9. The molecule has 0 amide bonds. The summed E-state index contributed by atoms with van der Waals surface area (Å²) in [4.78, 5) is 26.7. The molecule has 2 aromatic rings. The van der Waals surface area contributed by atoms with Gasteiger partial charge in [-0.1, -0.05) is 6.58 Å². The first-order valence-electron chi connectivity index (χ1n) is 4.72. The number of nitrogens with zero attached hydrogens (tertiary/aromatic N) is 2. The van der Waals surface area contributed by atoms with Crippen molar-refractivity contribution in [1.29, 1.82) is 0 Å². The van der Waals surface area contributed by atoms with Crippen molar-refractivity contribution in [2.75, 3.05) is 5.73 Å². The van der Waals surface area contributed by atoms with E-state index in [1.807, 2.05) is 0 Å². The molecule has 0 spiro atoms. The maximum Gasteiger partial charge on any atom is 0.341 e. The van der Waals surface area contributed by atoms with Crippen molar-refractivity contribution < 1.29 is 9.90 Å². The number of carboxylic acids is 1. The molecule has 0 fully saturated rings. The Hall–Kier alpha value is -2.63. The Kier molecular flexibility index (Phi) is 2.40. The van der Waals surface area contributed by atoms with Crippen LogP contribution in [0.15, 0.2) is 29.7 Å². The lowest BCUT2D eigenvalue weighted by atomic mass is 10.2. The summed E-state index contributed by atoms with van der Waals surface area (Å²) in [6.07, 6.45) is 2.53. The second kappa shape index (κ2) is 3.75. The maximum atomic E-state index is 11.8. The van der Waals surface area contributed by atoms with Crippen LogP contribution in [0.3, 0.4) is 0 Å².